The average Bonchev–Trinajstić information content (AvgIpc) is 2.96. The fourth-order valence-corrected chi connectivity index (χ4v) is 3.81. The van der Waals surface area contributed by atoms with Crippen molar-refractivity contribution in [2.24, 2.45) is 0 Å². The molecular weight excluding hydrogens is 319 g/mol. The van der Waals surface area contributed by atoms with Gasteiger partial charge in [-0.25, -0.2) is 12.8 Å². The molecule has 1 aliphatic rings. The molecule has 0 aromatic heterocycles. The number of nitrogens with one attached hydrogen (secondary N) is 1. The Hall–Kier alpha value is -1.63. The summed E-state index contributed by atoms with van der Waals surface area (Å²) in [5, 5.41) is 2.98. The molecule has 0 atom stereocenters. The molecule has 1 saturated carbocycles. The monoisotopic (exact) mass is 342 g/mol. The SMILES string of the molecule is CS(=O)(=O)N(CCCC(=O)NC1CCCC1)c1ccc(F)cc1. The normalized spacial score (nSPS) is 15.6. The van der Waals surface area contributed by atoms with Crippen LogP contribution >= 0.6 is 0 Å². The Labute approximate surface area is 136 Å². The second kappa shape index (κ2) is 7.77. The van der Waals surface area contributed by atoms with Crippen LogP contribution in [0.2, 0.25) is 0 Å². The summed E-state index contributed by atoms with van der Waals surface area (Å²) in [6.45, 7) is 0.197. The molecule has 23 heavy (non-hydrogen) atoms. The highest BCUT2D eigenvalue weighted by Crippen LogP contribution is 2.19. The molecule has 2 rings (SSSR count). The number of hydrogen-bond acceptors (Lipinski definition) is 3. The van der Waals surface area contributed by atoms with E-state index >= 15 is 0 Å². The molecule has 0 heterocycles. The first kappa shape index (κ1) is 17.7. The molecule has 1 aromatic carbocycles. The third-order valence-corrected chi connectivity index (χ3v) is 5.19. The van der Waals surface area contributed by atoms with Gasteiger partial charge in [-0.3, -0.25) is 9.10 Å². The van der Waals surface area contributed by atoms with Crippen LogP contribution in [0.1, 0.15) is 38.5 Å². The van der Waals surface area contributed by atoms with Crippen LogP contribution in [0.25, 0.3) is 0 Å². The summed E-state index contributed by atoms with van der Waals surface area (Å²) >= 11 is 0. The van der Waals surface area contributed by atoms with Crippen molar-refractivity contribution >= 4 is 21.6 Å². The van der Waals surface area contributed by atoms with E-state index in [-0.39, 0.29) is 24.9 Å². The Morgan fingerprint density at radius 1 is 1.26 bits per heavy atom. The van der Waals surface area contributed by atoms with Crippen LogP contribution in [0.5, 0.6) is 0 Å². The first-order chi connectivity index (χ1) is 10.9. The summed E-state index contributed by atoms with van der Waals surface area (Å²) < 4.78 is 38.0. The summed E-state index contributed by atoms with van der Waals surface area (Å²) in [5.41, 5.74) is 0.408. The minimum Gasteiger partial charge on any atom is -0.353 e. The van der Waals surface area contributed by atoms with Crippen LogP contribution in [-0.4, -0.2) is 33.2 Å². The molecule has 7 heteroatoms. The van der Waals surface area contributed by atoms with Crippen LogP contribution in [-0.2, 0) is 14.8 Å². The molecular formula is C16H23FN2O3S. The van der Waals surface area contributed by atoms with Crippen molar-refractivity contribution in [2.75, 3.05) is 17.1 Å². The van der Waals surface area contributed by atoms with E-state index in [1.54, 1.807) is 0 Å². The number of nitrogens with zero attached hydrogens (tertiary/aromatic N) is 1. The number of halogens is 1. The molecule has 0 aliphatic heterocycles. The maximum atomic E-state index is 13.0. The molecule has 128 valence electrons. The van der Waals surface area contributed by atoms with Gasteiger partial charge in [0, 0.05) is 19.0 Å². The molecule has 1 aliphatic carbocycles. The van der Waals surface area contributed by atoms with Crippen molar-refractivity contribution in [3.8, 4) is 0 Å². The number of benzene rings is 1. The zero-order valence-corrected chi connectivity index (χ0v) is 14.1. The van der Waals surface area contributed by atoms with Crippen LogP contribution in [0.3, 0.4) is 0 Å². The molecule has 5 nitrogen and oxygen atoms in total. The van der Waals surface area contributed by atoms with Gasteiger partial charge in [-0.15, -0.1) is 0 Å². The lowest BCUT2D eigenvalue weighted by molar-refractivity contribution is -0.121. The summed E-state index contributed by atoms with van der Waals surface area (Å²) in [4.78, 5) is 11.9. The van der Waals surface area contributed by atoms with Crippen LogP contribution in [0, 0.1) is 5.82 Å². The van der Waals surface area contributed by atoms with Gasteiger partial charge >= 0.3 is 0 Å². The number of carbonyl (C=O) groups is 1. The summed E-state index contributed by atoms with van der Waals surface area (Å²) in [6.07, 6.45) is 6.16. The Morgan fingerprint density at radius 2 is 1.87 bits per heavy atom. The Balaban J connectivity index is 1.88. The van der Waals surface area contributed by atoms with Crippen molar-refractivity contribution in [1.82, 2.24) is 5.32 Å². The maximum absolute atomic E-state index is 13.0. The molecule has 0 radical (unpaired) electrons. The smallest absolute Gasteiger partial charge is 0.232 e. The third-order valence-electron chi connectivity index (χ3n) is 4.00. The fourth-order valence-electron chi connectivity index (χ4n) is 2.85. The Morgan fingerprint density at radius 3 is 2.43 bits per heavy atom. The summed E-state index contributed by atoms with van der Waals surface area (Å²) in [6, 6.07) is 5.57. The average molecular weight is 342 g/mol. The van der Waals surface area contributed by atoms with Gasteiger partial charge in [0.25, 0.3) is 0 Å². The number of carbonyl (C=O) groups excluding carboxylic acids is 1. The summed E-state index contributed by atoms with van der Waals surface area (Å²) in [7, 11) is -3.47. The number of sulfonamides is 1. The minimum absolute atomic E-state index is 0.0375. The van der Waals surface area contributed by atoms with Crippen molar-refractivity contribution in [2.45, 2.75) is 44.6 Å². The van der Waals surface area contributed by atoms with Crippen molar-refractivity contribution < 1.29 is 17.6 Å². The zero-order chi connectivity index (χ0) is 16.9. The van der Waals surface area contributed by atoms with E-state index in [0.29, 0.717) is 12.1 Å². The van der Waals surface area contributed by atoms with Crippen LogP contribution in [0.15, 0.2) is 24.3 Å². The highest BCUT2D eigenvalue weighted by atomic mass is 32.2. The van der Waals surface area contributed by atoms with E-state index < -0.39 is 15.8 Å². The first-order valence-corrected chi connectivity index (χ1v) is 9.74. The Kier molecular flexibility index (Phi) is 5.98. The molecule has 1 amide bonds. The van der Waals surface area contributed by atoms with Gasteiger partial charge in [0.05, 0.1) is 11.9 Å². The summed E-state index contributed by atoms with van der Waals surface area (Å²) in [5.74, 6) is -0.456. The van der Waals surface area contributed by atoms with Gasteiger partial charge in [-0.1, -0.05) is 12.8 Å². The highest BCUT2D eigenvalue weighted by molar-refractivity contribution is 7.92. The second-order valence-corrected chi connectivity index (χ2v) is 7.87. The van der Waals surface area contributed by atoms with Gasteiger partial charge in [0.15, 0.2) is 0 Å². The predicted octanol–water partition coefficient (Wildman–Crippen LogP) is 2.43. The van der Waals surface area contributed by atoms with E-state index in [0.717, 1.165) is 31.9 Å². The number of anilines is 1. The Bertz CT molecular complexity index is 625. The van der Waals surface area contributed by atoms with E-state index in [4.69, 9.17) is 0 Å². The van der Waals surface area contributed by atoms with Gasteiger partial charge in [-0.2, -0.15) is 0 Å². The highest BCUT2D eigenvalue weighted by Gasteiger charge is 2.19. The van der Waals surface area contributed by atoms with Gasteiger partial charge in [0.1, 0.15) is 5.82 Å². The molecule has 0 bridgehead atoms. The van der Waals surface area contributed by atoms with E-state index in [2.05, 4.69) is 5.32 Å². The van der Waals surface area contributed by atoms with E-state index in [9.17, 15) is 17.6 Å². The number of hydrogen-bond donors (Lipinski definition) is 1. The topological polar surface area (TPSA) is 66.5 Å². The van der Waals surface area contributed by atoms with Crippen LogP contribution < -0.4 is 9.62 Å². The molecule has 0 saturated heterocycles. The van der Waals surface area contributed by atoms with Gasteiger partial charge in [-0.05, 0) is 43.5 Å². The first-order valence-electron chi connectivity index (χ1n) is 7.89. The standard InChI is InChI=1S/C16H23FN2O3S/c1-23(21,22)19(15-10-8-13(17)9-11-15)12-4-7-16(20)18-14-5-2-3-6-14/h8-11,14H,2-7,12H2,1H3,(H,18,20). The molecule has 0 spiro atoms. The predicted molar refractivity (Wildman–Crippen MR) is 88.2 cm³/mol. The lowest BCUT2D eigenvalue weighted by atomic mass is 10.2. The zero-order valence-electron chi connectivity index (χ0n) is 13.3. The lowest BCUT2D eigenvalue weighted by Gasteiger charge is -2.22. The lowest BCUT2D eigenvalue weighted by Crippen LogP contribution is -2.34. The maximum Gasteiger partial charge on any atom is 0.232 e. The second-order valence-electron chi connectivity index (χ2n) is 5.96. The van der Waals surface area contributed by atoms with Crippen molar-refractivity contribution in [1.29, 1.82) is 0 Å². The molecule has 0 unspecified atom stereocenters. The fraction of sp³-hybridized carbons (Fsp3) is 0.562. The number of amides is 1. The minimum atomic E-state index is -3.47. The quantitative estimate of drug-likeness (QED) is 0.827. The van der Waals surface area contributed by atoms with Crippen molar-refractivity contribution in [3.05, 3.63) is 30.1 Å². The largest absolute Gasteiger partial charge is 0.353 e. The van der Waals surface area contributed by atoms with E-state index in [1.165, 1.54) is 28.6 Å². The molecule has 1 aromatic rings. The van der Waals surface area contributed by atoms with Gasteiger partial charge in [0.2, 0.25) is 15.9 Å². The van der Waals surface area contributed by atoms with Gasteiger partial charge < -0.3 is 5.32 Å². The third kappa shape index (κ3) is 5.49. The molecule has 1 N–H and O–H groups in total. The van der Waals surface area contributed by atoms with Crippen molar-refractivity contribution in [3.63, 3.8) is 0 Å². The van der Waals surface area contributed by atoms with E-state index in [1.807, 2.05) is 0 Å². The molecule has 1 fully saturated rings. The van der Waals surface area contributed by atoms with Crippen LogP contribution in [0.4, 0.5) is 10.1 Å². The number of rotatable bonds is 7.